The van der Waals surface area contributed by atoms with E-state index in [-0.39, 0.29) is 5.91 Å². The second-order valence-corrected chi connectivity index (χ2v) is 5.53. The molecule has 4 aromatic heterocycles. The Balaban J connectivity index is 1.66. The van der Waals surface area contributed by atoms with Crippen molar-refractivity contribution in [1.29, 1.82) is 0 Å². The van der Waals surface area contributed by atoms with E-state index in [1.165, 1.54) is 0 Å². The van der Waals surface area contributed by atoms with Gasteiger partial charge in [-0.15, -0.1) is 0 Å². The zero-order chi connectivity index (χ0) is 17.2. The molecule has 0 radical (unpaired) electrons. The Hall–Kier alpha value is -3.35. The van der Waals surface area contributed by atoms with E-state index in [2.05, 4.69) is 15.4 Å². The molecule has 0 saturated carbocycles. The van der Waals surface area contributed by atoms with Crippen molar-refractivity contribution in [1.82, 2.24) is 19.9 Å². The summed E-state index contributed by atoms with van der Waals surface area (Å²) in [6, 6.07) is 10.8. The number of furan rings is 2. The Kier molecular flexibility index (Phi) is 3.81. The second-order valence-electron chi connectivity index (χ2n) is 5.53. The van der Waals surface area contributed by atoms with Gasteiger partial charge >= 0.3 is 0 Å². The van der Waals surface area contributed by atoms with Crippen LogP contribution in [0.15, 0.2) is 57.8 Å². The largest absolute Gasteiger partial charge is 0.467 e. The monoisotopic (exact) mass is 336 g/mol. The maximum Gasteiger partial charge on any atom is 0.270 e. The van der Waals surface area contributed by atoms with E-state index < -0.39 is 0 Å². The molecule has 25 heavy (non-hydrogen) atoms. The number of aromatic nitrogens is 3. The number of amides is 1. The zero-order valence-corrected chi connectivity index (χ0v) is 13.6. The molecule has 0 aliphatic rings. The normalized spacial score (nSPS) is 11.1. The predicted molar refractivity (Wildman–Crippen MR) is 89.9 cm³/mol. The molecule has 4 rings (SSSR count). The van der Waals surface area contributed by atoms with Gasteiger partial charge in [0.25, 0.3) is 5.91 Å². The number of nitrogens with zero attached hydrogens (tertiary/aromatic N) is 3. The van der Waals surface area contributed by atoms with Gasteiger partial charge in [-0.2, -0.15) is 5.10 Å². The fourth-order valence-electron chi connectivity index (χ4n) is 2.62. The molecule has 4 heterocycles. The molecular weight excluding hydrogens is 320 g/mol. The second kappa shape index (κ2) is 6.27. The maximum absolute atomic E-state index is 12.4. The molecule has 0 aliphatic carbocycles. The first-order valence-corrected chi connectivity index (χ1v) is 7.98. The summed E-state index contributed by atoms with van der Waals surface area (Å²) < 4.78 is 12.3. The first-order valence-electron chi connectivity index (χ1n) is 7.98. The Labute approximate surface area is 143 Å². The fourth-order valence-corrected chi connectivity index (χ4v) is 2.62. The van der Waals surface area contributed by atoms with Gasteiger partial charge < -0.3 is 14.2 Å². The van der Waals surface area contributed by atoms with Crippen LogP contribution in [0.3, 0.4) is 0 Å². The standard InChI is InChI=1S/C18H16N4O3/c1-2-12-9-15(18(23)19-11-13-5-3-7-24-13)20-17-10-14(21-22(12)17)16-6-4-8-25-16/h3-10H,2,11H2,1H3,(H,19,23). The van der Waals surface area contributed by atoms with Crippen molar-refractivity contribution in [2.45, 2.75) is 19.9 Å². The maximum atomic E-state index is 12.4. The molecule has 0 fully saturated rings. The quantitative estimate of drug-likeness (QED) is 0.605. The lowest BCUT2D eigenvalue weighted by atomic mass is 10.2. The van der Waals surface area contributed by atoms with Crippen molar-refractivity contribution in [3.63, 3.8) is 0 Å². The lowest BCUT2D eigenvalue weighted by molar-refractivity contribution is 0.0943. The molecular formula is C18H16N4O3. The number of hydrogen-bond donors (Lipinski definition) is 1. The summed E-state index contributed by atoms with van der Waals surface area (Å²) in [6.45, 7) is 2.32. The highest BCUT2D eigenvalue weighted by atomic mass is 16.3. The van der Waals surface area contributed by atoms with Crippen LogP contribution >= 0.6 is 0 Å². The van der Waals surface area contributed by atoms with E-state index in [0.717, 1.165) is 12.1 Å². The Bertz CT molecular complexity index is 1000. The van der Waals surface area contributed by atoms with Gasteiger partial charge in [0.15, 0.2) is 11.4 Å². The molecule has 7 heteroatoms. The number of aryl methyl sites for hydroxylation is 1. The van der Waals surface area contributed by atoms with E-state index in [1.54, 1.807) is 47.4 Å². The van der Waals surface area contributed by atoms with E-state index >= 15 is 0 Å². The summed E-state index contributed by atoms with van der Waals surface area (Å²) >= 11 is 0. The summed E-state index contributed by atoms with van der Waals surface area (Å²) in [5, 5.41) is 7.34. The molecule has 0 aromatic carbocycles. The number of carbonyl (C=O) groups excluding carboxylic acids is 1. The summed E-state index contributed by atoms with van der Waals surface area (Å²) in [7, 11) is 0. The van der Waals surface area contributed by atoms with Gasteiger partial charge in [-0.05, 0) is 36.8 Å². The summed E-state index contributed by atoms with van der Waals surface area (Å²) in [5.41, 5.74) is 2.53. The first kappa shape index (κ1) is 15.2. The molecule has 1 amide bonds. The van der Waals surface area contributed by atoms with Crippen molar-refractivity contribution >= 4 is 11.6 Å². The van der Waals surface area contributed by atoms with Crippen LogP contribution in [0.2, 0.25) is 0 Å². The third kappa shape index (κ3) is 2.91. The average molecular weight is 336 g/mol. The van der Waals surface area contributed by atoms with Crippen LogP contribution in [-0.4, -0.2) is 20.5 Å². The van der Waals surface area contributed by atoms with Gasteiger partial charge in [-0.25, -0.2) is 9.50 Å². The van der Waals surface area contributed by atoms with E-state index in [9.17, 15) is 4.79 Å². The smallest absolute Gasteiger partial charge is 0.270 e. The van der Waals surface area contributed by atoms with Gasteiger partial charge in [0.2, 0.25) is 0 Å². The van der Waals surface area contributed by atoms with Crippen LogP contribution in [0.4, 0.5) is 0 Å². The highest BCUT2D eigenvalue weighted by Gasteiger charge is 2.15. The van der Waals surface area contributed by atoms with Gasteiger partial charge in [0.1, 0.15) is 17.1 Å². The molecule has 4 aromatic rings. The average Bonchev–Trinajstić information content (AvgIpc) is 3.39. The SMILES string of the molecule is CCc1cc(C(=O)NCc2ccco2)nc2cc(-c3ccco3)nn12. The van der Waals surface area contributed by atoms with Crippen LogP contribution in [-0.2, 0) is 13.0 Å². The number of nitrogens with one attached hydrogen (secondary N) is 1. The van der Waals surface area contributed by atoms with Crippen molar-refractivity contribution < 1.29 is 13.6 Å². The van der Waals surface area contributed by atoms with Crippen molar-refractivity contribution in [3.05, 3.63) is 66.1 Å². The van der Waals surface area contributed by atoms with E-state index in [0.29, 0.717) is 35.1 Å². The molecule has 0 spiro atoms. The molecule has 0 bridgehead atoms. The molecule has 126 valence electrons. The highest BCUT2D eigenvalue weighted by Crippen LogP contribution is 2.21. The Morgan fingerprint density at radius 1 is 1.20 bits per heavy atom. The van der Waals surface area contributed by atoms with Crippen LogP contribution in [0.1, 0.15) is 28.9 Å². The summed E-state index contributed by atoms with van der Waals surface area (Å²) in [4.78, 5) is 16.9. The lowest BCUT2D eigenvalue weighted by Crippen LogP contribution is -2.24. The number of rotatable bonds is 5. The van der Waals surface area contributed by atoms with Gasteiger partial charge in [0.05, 0.1) is 19.1 Å². The Morgan fingerprint density at radius 2 is 2.04 bits per heavy atom. The minimum Gasteiger partial charge on any atom is -0.467 e. The highest BCUT2D eigenvalue weighted by molar-refractivity contribution is 5.92. The van der Waals surface area contributed by atoms with Crippen molar-refractivity contribution in [3.8, 4) is 11.5 Å². The van der Waals surface area contributed by atoms with Crippen LogP contribution in [0, 0.1) is 0 Å². The van der Waals surface area contributed by atoms with Gasteiger partial charge in [-0.1, -0.05) is 6.92 Å². The molecule has 0 unspecified atom stereocenters. The third-order valence-electron chi connectivity index (χ3n) is 3.87. The predicted octanol–water partition coefficient (Wildman–Crippen LogP) is 3.07. The third-order valence-corrected chi connectivity index (χ3v) is 3.87. The van der Waals surface area contributed by atoms with Gasteiger partial charge in [-0.3, -0.25) is 4.79 Å². The fraction of sp³-hybridized carbons (Fsp3) is 0.167. The minimum absolute atomic E-state index is 0.255. The van der Waals surface area contributed by atoms with Crippen LogP contribution < -0.4 is 5.32 Å². The summed E-state index contributed by atoms with van der Waals surface area (Å²) in [6.07, 6.45) is 3.89. The number of fused-ring (bicyclic) bond motifs is 1. The van der Waals surface area contributed by atoms with Gasteiger partial charge in [0, 0.05) is 11.8 Å². The number of hydrogen-bond acceptors (Lipinski definition) is 5. The molecule has 0 aliphatic heterocycles. The molecule has 0 atom stereocenters. The number of carbonyl (C=O) groups is 1. The topological polar surface area (TPSA) is 85.6 Å². The van der Waals surface area contributed by atoms with Crippen molar-refractivity contribution in [2.75, 3.05) is 0 Å². The minimum atomic E-state index is -0.255. The zero-order valence-electron chi connectivity index (χ0n) is 13.6. The lowest BCUT2D eigenvalue weighted by Gasteiger charge is -2.06. The molecule has 0 saturated heterocycles. The van der Waals surface area contributed by atoms with Crippen LogP contribution in [0.5, 0.6) is 0 Å². The summed E-state index contributed by atoms with van der Waals surface area (Å²) in [5.74, 6) is 1.10. The molecule has 7 nitrogen and oxygen atoms in total. The molecule has 1 N–H and O–H groups in total. The Morgan fingerprint density at radius 3 is 2.76 bits per heavy atom. The first-order chi connectivity index (χ1) is 12.2. The van der Waals surface area contributed by atoms with E-state index in [1.807, 2.05) is 13.0 Å². The van der Waals surface area contributed by atoms with Crippen molar-refractivity contribution in [2.24, 2.45) is 0 Å². The van der Waals surface area contributed by atoms with Crippen LogP contribution in [0.25, 0.3) is 17.1 Å². The van der Waals surface area contributed by atoms with E-state index in [4.69, 9.17) is 8.83 Å².